The number of aromatic nitrogens is 4. The van der Waals surface area contributed by atoms with Crippen LogP contribution in [0.2, 0.25) is 0 Å². The molecule has 2 heterocycles. The fraction of sp³-hybridized carbons (Fsp3) is 0.227. The number of nitrogens with zero attached hydrogens (tertiary/aromatic N) is 4. The van der Waals surface area contributed by atoms with Gasteiger partial charge in [-0.15, -0.1) is 0 Å². The van der Waals surface area contributed by atoms with Gasteiger partial charge in [0.05, 0.1) is 22.9 Å². The second-order valence-electron chi connectivity index (χ2n) is 6.80. The van der Waals surface area contributed by atoms with Gasteiger partial charge in [0.15, 0.2) is 0 Å². The largest absolute Gasteiger partial charge is 0.480 e. The molecule has 0 aliphatic carbocycles. The Morgan fingerprint density at radius 1 is 0.966 bits per heavy atom. The monoisotopic (exact) mass is 390 g/mol. The predicted molar refractivity (Wildman–Crippen MR) is 112 cm³/mol. The Morgan fingerprint density at radius 3 is 2.31 bits per heavy atom. The normalized spacial score (nSPS) is 11.2. The lowest BCUT2D eigenvalue weighted by Crippen LogP contribution is -2.22. The van der Waals surface area contributed by atoms with E-state index in [1.54, 1.807) is 15.3 Å². The number of aryl methyl sites for hydroxylation is 2. The van der Waals surface area contributed by atoms with Gasteiger partial charge in [-0.1, -0.05) is 36.4 Å². The van der Waals surface area contributed by atoms with Gasteiger partial charge in [0.1, 0.15) is 6.54 Å². The van der Waals surface area contributed by atoms with Crippen molar-refractivity contribution < 1.29 is 9.90 Å². The van der Waals surface area contributed by atoms with Crippen molar-refractivity contribution in [3.8, 4) is 22.4 Å². The number of carboxylic acids is 1. The molecule has 0 aliphatic heterocycles. The summed E-state index contributed by atoms with van der Waals surface area (Å²) in [6, 6.07) is 15.5. The molecule has 0 spiro atoms. The molecule has 7 nitrogen and oxygen atoms in total. The Bertz CT molecular complexity index is 1250. The molecular weight excluding hydrogens is 368 g/mol. The highest BCUT2D eigenvalue weighted by Gasteiger charge is 2.18. The molecule has 148 valence electrons. The number of carboxylic acid groups (broad SMARTS) is 1. The minimum absolute atomic E-state index is 0.0213. The van der Waals surface area contributed by atoms with Crippen molar-refractivity contribution in [2.24, 2.45) is 0 Å². The molecule has 0 saturated heterocycles. The average Bonchev–Trinajstić information content (AvgIpc) is 3.25. The molecular formula is C22H22N4O3. The summed E-state index contributed by atoms with van der Waals surface area (Å²) in [6.45, 7) is 4.87. The van der Waals surface area contributed by atoms with Gasteiger partial charge >= 0.3 is 11.7 Å². The number of hydrogen-bond acceptors (Lipinski definition) is 3. The third-order valence-corrected chi connectivity index (χ3v) is 5.13. The van der Waals surface area contributed by atoms with Gasteiger partial charge in [-0.05, 0) is 31.5 Å². The number of aliphatic carboxylic acids is 1. The number of rotatable bonds is 6. The Labute approximate surface area is 167 Å². The van der Waals surface area contributed by atoms with Crippen LogP contribution in [0.5, 0.6) is 0 Å². The van der Waals surface area contributed by atoms with Crippen LogP contribution in [0.3, 0.4) is 0 Å². The van der Waals surface area contributed by atoms with Crippen LogP contribution >= 0.6 is 0 Å². The second-order valence-corrected chi connectivity index (χ2v) is 6.80. The van der Waals surface area contributed by atoms with E-state index in [4.69, 9.17) is 0 Å². The zero-order chi connectivity index (χ0) is 20.5. The molecule has 4 rings (SSSR count). The van der Waals surface area contributed by atoms with E-state index < -0.39 is 5.97 Å². The highest BCUT2D eigenvalue weighted by Crippen LogP contribution is 2.33. The van der Waals surface area contributed by atoms with Crippen LogP contribution in [-0.4, -0.2) is 30.0 Å². The summed E-state index contributed by atoms with van der Waals surface area (Å²) < 4.78 is 5.02. The summed E-state index contributed by atoms with van der Waals surface area (Å²) >= 11 is 0. The summed E-state index contributed by atoms with van der Waals surface area (Å²) in [5, 5.41) is 13.6. The van der Waals surface area contributed by atoms with Gasteiger partial charge in [-0.3, -0.25) is 18.6 Å². The summed E-state index contributed by atoms with van der Waals surface area (Å²) in [6.07, 6.45) is 1.69. The van der Waals surface area contributed by atoms with Crippen LogP contribution < -0.4 is 5.69 Å². The van der Waals surface area contributed by atoms with Crippen molar-refractivity contribution in [1.29, 1.82) is 0 Å². The molecule has 2 aromatic heterocycles. The molecule has 29 heavy (non-hydrogen) atoms. The summed E-state index contributed by atoms with van der Waals surface area (Å²) in [5.41, 5.74) is 5.09. The molecule has 0 radical (unpaired) electrons. The number of fused-ring (bicyclic) bond motifs is 1. The quantitative estimate of drug-likeness (QED) is 0.547. The molecule has 2 aromatic carbocycles. The number of hydrogen-bond donors (Lipinski definition) is 1. The van der Waals surface area contributed by atoms with E-state index in [9.17, 15) is 14.7 Å². The van der Waals surface area contributed by atoms with E-state index in [2.05, 4.69) is 5.10 Å². The Kier molecular flexibility index (Phi) is 4.80. The number of carbonyl (C=O) groups is 1. The topological polar surface area (TPSA) is 82.0 Å². The lowest BCUT2D eigenvalue weighted by molar-refractivity contribution is -0.137. The van der Waals surface area contributed by atoms with Gasteiger partial charge in [0.2, 0.25) is 0 Å². The molecule has 0 saturated carbocycles. The van der Waals surface area contributed by atoms with E-state index in [1.807, 2.05) is 62.4 Å². The third-order valence-electron chi connectivity index (χ3n) is 5.13. The van der Waals surface area contributed by atoms with Gasteiger partial charge in [0.25, 0.3) is 0 Å². The number of benzene rings is 2. The third kappa shape index (κ3) is 3.14. The van der Waals surface area contributed by atoms with E-state index in [0.717, 1.165) is 33.4 Å². The highest BCUT2D eigenvalue weighted by atomic mass is 16.4. The van der Waals surface area contributed by atoms with Crippen molar-refractivity contribution in [1.82, 2.24) is 18.9 Å². The van der Waals surface area contributed by atoms with Gasteiger partial charge in [0, 0.05) is 24.2 Å². The SMILES string of the molecule is CCn1c(=O)n(CC)c2cc(-c3cnn(CC(=O)O)c3-c3ccccc3)ccc21. The van der Waals surface area contributed by atoms with Crippen LogP contribution in [0, 0.1) is 0 Å². The molecule has 4 aromatic rings. The van der Waals surface area contributed by atoms with Crippen LogP contribution in [-0.2, 0) is 24.4 Å². The van der Waals surface area contributed by atoms with Gasteiger partial charge in [-0.2, -0.15) is 5.10 Å². The van der Waals surface area contributed by atoms with Crippen molar-refractivity contribution in [3.05, 3.63) is 65.2 Å². The maximum absolute atomic E-state index is 12.7. The smallest absolute Gasteiger partial charge is 0.329 e. The van der Waals surface area contributed by atoms with E-state index in [1.165, 1.54) is 4.68 Å². The first kappa shape index (κ1) is 18.7. The first-order valence-corrected chi connectivity index (χ1v) is 9.61. The lowest BCUT2D eigenvalue weighted by Gasteiger charge is -2.09. The Balaban J connectivity index is 1.95. The first-order chi connectivity index (χ1) is 14.0. The second kappa shape index (κ2) is 7.43. The van der Waals surface area contributed by atoms with Crippen LogP contribution in [0.4, 0.5) is 0 Å². The standard InChI is InChI=1S/C22H22N4O3/c1-3-24-18-11-10-16(12-19(18)25(4-2)22(24)29)17-13-23-26(14-20(27)28)21(17)15-8-6-5-7-9-15/h5-13H,3-4,14H2,1-2H3,(H,27,28). The summed E-state index contributed by atoms with van der Waals surface area (Å²) in [4.78, 5) is 24.0. The fourth-order valence-electron chi connectivity index (χ4n) is 3.84. The first-order valence-electron chi connectivity index (χ1n) is 9.61. The van der Waals surface area contributed by atoms with E-state index in [0.29, 0.717) is 13.1 Å². The molecule has 0 amide bonds. The molecule has 0 atom stereocenters. The Hall–Kier alpha value is -3.61. The predicted octanol–water partition coefficient (Wildman–Crippen LogP) is 3.46. The molecule has 0 fully saturated rings. The maximum Gasteiger partial charge on any atom is 0.329 e. The van der Waals surface area contributed by atoms with Crippen LogP contribution in [0.1, 0.15) is 13.8 Å². The zero-order valence-corrected chi connectivity index (χ0v) is 16.4. The van der Waals surface area contributed by atoms with Crippen molar-refractivity contribution in [2.45, 2.75) is 33.5 Å². The van der Waals surface area contributed by atoms with Gasteiger partial charge < -0.3 is 5.11 Å². The molecule has 0 aliphatic rings. The van der Waals surface area contributed by atoms with Crippen molar-refractivity contribution in [2.75, 3.05) is 0 Å². The zero-order valence-electron chi connectivity index (χ0n) is 16.4. The minimum Gasteiger partial charge on any atom is -0.480 e. The van der Waals surface area contributed by atoms with Crippen LogP contribution in [0.25, 0.3) is 33.4 Å². The van der Waals surface area contributed by atoms with E-state index in [-0.39, 0.29) is 12.2 Å². The highest BCUT2D eigenvalue weighted by molar-refractivity contribution is 5.88. The molecule has 1 N–H and O–H groups in total. The van der Waals surface area contributed by atoms with Crippen molar-refractivity contribution in [3.63, 3.8) is 0 Å². The molecule has 0 bridgehead atoms. The molecule has 7 heteroatoms. The average molecular weight is 390 g/mol. The maximum atomic E-state index is 12.7. The van der Waals surface area contributed by atoms with Crippen LogP contribution in [0.15, 0.2) is 59.5 Å². The van der Waals surface area contributed by atoms with Gasteiger partial charge in [-0.25, -0.2) is 4.79 Å². The van der Waals surface area contributed by atoms with Crippen molar-refractivity contribution >= 4 is 17.0 Å². The fourth-order valence-corrected chi connectivity index (χ4v) is 3.84. The lowest BCUT2D eigenvalue weighted by atomic mass is 10.0. The molecule has 0 unspecified atom stereocenters. The van der Waals surface area contributed by atoms with E-state index >= 15 is 0 Å². The number of imidazole rings is 1. The summed E-state index contributed by atoms with van der Waals surface area (Å²) in [5.74, 6) is -0.952. The Morgan fingerprint density at radius 2 is 1.66 bits per heavy atom. The summed E-state index contributed by atoms with van der Waals surface area (Å²) in [7, 11) is 0. The minimum atomic E-state index is -0.952.